The van der Waals surface area contributed by atoms with Gasteiger partial charge in [0.1, 0.15) is 11.6 Å². The number of carbonyl (C=O) groups excluding carboxylic acids is 1. The first-order valence-corrected chi connectivity index (χ1v) is 8.27. The molecular formula is C18H18FN5O4. The summed E-state index contributed by atoms with van der Waals surface area (Å²) >= 11 is 0. The largest absolute Gasteiger partial charge is 0.477 e. The molecule has 1 amide bonds. The molecule has 0 fully saturated rings. The fourth-order valence-electron chi connectivity index (χ4n) is 2.73. The van der Waals surface area contributed by atoms with Crippen LogP contribution in [-0.2, 0) is 13.8 Å². The molecule has 0 saturated heterocycles. The van der Waals surface area contributed by atoms with Crippen molar-refractivity contribution in [3.05, 3.63) is 58.9 Å². The maximum absolute atomic E-state index is 13.2. The lowest BCUT2D eigenvalue weighted by Gasteiger charge is -2.09. The number of benzene rings is 1. The molecule has 10 heteroatoms. The lowest BCUT2D eigenvalue weighted by molar-refractivity contribution is 0.0680. The molecule has 0 unspecified atom stereocenters. The van der Waals surface area contributed by atoms with Gasteiger partial charge in [0.25, 0.3) is 5.91 Å². The molecule has 2 heterocycles. The molecule has 0 atom stereocenters. The first-order valence-electron chi connectivity index (χ1n) is 8.27. The molecule has 2 N–H and O–H groups in total. The number of carboxylic acid groups (broad SMARTS) is 1. The number of nitrogens with zero attached hydrogens (tertiary/aromatic N) is 4. The first kappa shape index (κ1) is 19.1. The number of halogens is 1. The highest BCUT2D eigenvalue weighted by molar-refractivity contribution is 6.10. The molecular weight excluding hydrogens is 369 g/mol. The quantitative estimate of drug-likeness (QED) is 0.672. The summed E-state index contributed by atoms with van der Waals surface area (Å²) in [6.45, 7) is 3.44. The average Bonchev–Trinajstić information content (AvgIpc) is 3.15. The van der Waals surface area contributed by atoms with Gasteiger partial charge in [-0.05, 0) is 26.0 Å². The van der Waals surface area contributed by atoms with Gasteiger partial charge in [-0.15, -0.1) is 0 Å². The van der Waals surface area contributed by atoms with Crippen LogP contribution in [0.3, 0.4) is 0 Å². The Kier molecular flexibility index (Phi) is 5.12. The Bertz CT molecular complexity index is 1060. The van der Waals surface area contributed by atoms with Crippen molar-refractivity contribution in [2.45, 2.75) is 20.6 Å². The van der Waals surface area contributed by atoms with Crippen LogP contribution >= 0.6 is 0 Å². The van der Waals surface area contributed by atoms with E-state index in [1.54, 1.807) is 19.9 Å². The number of rotatable bonds is 6. The number of anilines is 1. The molecule has 0 saturated carbocycles. The van der Waals surface area contributed by atoms with Crippen LogP contribution in [0.2, 0.25) is 0 Å². The highest BCUT2D eigenvalue weighted by Gasteiger charge is 2.23. The van der Waals surface area contributed by atoms with E-state index in [1.807, 2.05) is 0 Å². The number of amides is 1. The van der Waals surface area contributed by atoms with Crippen molar-refractivity contribution in [1.29, 1.82) is 0 Å². The first-order chi connectivity index (χ1) is 13.3. The number of aryl methyl sites for hydroxylation is 2. The Balaban J connectivity index is 1.78. The number of hydrogen-bond donors (Lipinski definition) is 2. The summed E-state index contributed by atoms with van der Waals surface area (Å²) in [5, 5.41) is 20.1. The minimum Gasteiger partial charge on any atom is -0.477 e. The zero-order chi connectivity index (χ0) is 20.4. The number of hydrogen-bond acceptors (Lipinski definition) is 5. The molecule has 0 spiro atoms. The van der Waals surface area contributed by atoms with Gasteiger partial charge in [-0.1, -0.05) is 6.07 Å². The summed E-state index contributed by atoms with van der Waals surface area (Å²) < 4.78 is 21.4. The molecule has 9 nitrogen and oxygen atoms in total. The van der Waals surface area contributed by atoms with Crippen molar-refractivity contribution in [1.82, 2.24) is 19.6 Å². The zero-order valence-electron chi connectivity index (χ0n) is 15.4. The molecule has 0 bridgehead atoms. The van der Waals surface area contributed by atoms with Gasteiger partial charge in [0.2, 0.25) is 0 Å². The molecule has 0 aliphatic heterocycles. The minimum atomic E-state index is -1.25. The van der Waals surface area contributed by atoms with Gasteiger partial charge in [-0.25, -0.2) is 13.9 Å². The van der Waals surface area contributed by atoms with Crippen LogP contribution in [0.15, 0.2) is 30.5 Å². The van der Waals surface area contributed by atoms with Crippen molar-refractivity contribution in [3.63, 3.8) is 0 Å². The maximum Gasteiger partial charge on any atom is 0.354 e. The summed E-state index contributed by atoms with van der Waals surface area (Å²) in [5.41, 5.74) is 1.29. The number of carboxylic acids is 1. The Morgan fingerprint density at radius 2 is 2.07 bits per heavy atom. The van der Waals surface area contributed by atoms with Gasteiger partial charge < -0.3 is 15.2 Å². The lowest BCUT2D eigenvalue weighted by atomic mass is 10.2. The molecule has 3 rings (SSSR count). The van der Waals surface area contributed by atoms with Crippen LogP contribution in [0.4, 0.5) is 10.1 Å². The summed E-state index contributed by atoms with van der Waals surface area (Å²) in [6.07, 6.45) is 1.20. The zero-order valence-corrected chi connectivity index (χ0v) is 15.4. The van der Waals surface area contributed by atoms with E-state index in [1.165, 1.54) is 36.1 Å². The Labute approximate surface area is 159 Å². The van der Waals surface area contributed by atoms with Crippen LogP contribution in [0.1, 0.15) is 32.2 Å². The van der Waals surface area contributed by atoms with Crippen LogP contribution < -0.4 is 10.1 Å². The summed E-state index contributed by atoms with van der Waals surface area (Å²) in [5.74, 6) is -1.93. The molecule has 0 radical (unpaired) electrons. The molecule has 0 aliphatic rings. The number of carbonyl (C=O) groups is 2. The molecule has 28 heavy (non-hydrogen) atoms. The lowest BCUT2D eigenvalue weighted by Crippen LogP contribution is -2.18. The fourth-order valence-corrected chi connectivity index (χ4v) is 2.73. The molecule has 146 valence electrons. The van der Waals surface area contributed by atoms with Gasteiger partial charge in [-0.3, -0.25) is 9.48 Å². The number of nitrogens with one attached hydrogen (secondary N) is 1. The van der Waals surface area contributed by atoms with E-state index in [0.717, 1.165) is 4.68 Å². The van der Waals surface area contributed by atoms with Gasteiger partial charge in [-0.2, -0.15) is 10.2 Å². The fraction of sp³-hybridized carbons (Fsp3) is 0.222. The third-order valence-corrected chi connectivity index (χ3v) is 4.16. The summed E-state index contributed by atoms with van der Waals surface area (Å²) in [4.78, 5) is 23.9. The maximum atomic E-state index is 13.2. The van der Waals surface area contributed by atoms with Crippen molar-refractivity contribution in [3.8, 4) is 5.75 Å². The Morgan fingerprint density at radius 1 is 1.32 bits per heavy atom. The SMILES string of the molecule is Cc1nn(COc2cccc(F)c2)c(C)c1NC(=O)c1cnn(C)c1C(=O)O. The number of aromatic carboxylic acids is 1. The molecule has 3 aromatic rings. The van der Waals surface area contributed by atoms with E-state index in [0.29, 0.717) is 22.8 Å². The highest BCUT2D eigenvalue weighted by atomic mass is 19.1. The highest BCUT2D eigenvalue weighted by Crippen LogP contribution is 2.22. The average molecular weight is 387 g/mol. The summed E-state index contributed by atoms with van der Waals surface area (Å²) in [7, 11) is 1.44. The smallest absolute Gasteiger partial charge is 0.354 e. The normalized spacial score (nSPS) is 10.7. The third-order valence-electron chi connectivity index (χ3n) is 4.16. The van der Waals surface area contributed by atoms with E-state index < -0.39 is 17.7 Å². The predicted molar refractivity (Wildman–Crippen MR) is 96.8 cm³/mol. The Morgan fingerprint density at radius 3 is 2.75 bits per heavy atom. The minimum absolute atomic E-state index is 0.0132. The molecule has 1 aromatic carbocycles. The second-order valence-corrected chi connectivity index (χ2v) is 6.07. The van der Waals surface area contributed by atoms with Crippen LogP contribution in [0, 0.1) is 19.7 Å². The number of aromatic nitrogens is 4. The van der Waals surface area contributed by atoms with Crippen LogP contribution in [0.25, 0.3) is 0 Å². The standard InChI is InChI=1S/C18H18FN5O4/c1-10-15(21-17(25)14-8-20-23(3)16(14)18(26)27)11(2)24(22-10)9-28-13-6-4-5-12(19)7-13/h4-8H,9H2,1-3H3,(H,21,25)(H,26,27). The van der Waals surface area contributed by atoms with Gasteiger partial charge in [0, 0.05) is 13.1 Å². The van der Waals surface area contributed by atoms with Crippen LogP contribution in [0.5, 0.6) is 5.75 Å². The molecule has 0 aliphatic carbocycles. The third kappa shape index (κ3) is 3.70. The van der Waals surface area contributed by atoms with Gasteiger partial charge in [0.15, 0.2) is 12.4 Å². The molecule has 2 aromatic heterocycles. The van der Waals surface area contributed by atoms with E-state index in [-0.39, 0.29) is 18.0 Å². The van der Waals surface area contributed by atoms with Crippen molar-refractivity contribution >= 4 is 17.6 Å². The topological polar surface area (TPSA) is 111 Å². The second-order valence-electron chi connectivity index (χ2n) is 6.07. The monoisotopic (exact) mass is 387 g/mol. The second kappa shape index (κ2) is 7.51. The van der Waals surface area contributed by atoms with Crippen LogP contribution in [-0.4, -0.2) is 36.5 Å². The van der Waals surface area contributed by atoms with E-state index in [2.05, 4.69) is 15.5 Å². The van der Waals surface area contributed by atoms with E-state index in [9.17, 15) is 19.1 Å². The van der Waals surface area contributed by atoms with Crippen molar-refractivity contribution in [2.24, 2.45) is 7.05 Å². The van der Waals surface area contributed by atoms with Crippen molar-refractivity contribution < 1.29 is 23.8 Å². The van der Waals surface area contributed by atoms with E-state index >= 15 is 0 Å². The van der Waals surface area contributed by atoms with E-state index in [4.69, 9.17) is 4.74 Å². The Hall–Kier alpha value is -3.69. The van der Waals surface area contributed by atoms with Gasteiger partial charge >= 0.3 is 5.97 Å². The predicted octanol–water partition coefficient (Wildman–Crippen LogP) is 2.36. The van der Waals surface area contributed by atoms with Gasteiger partial charge in [0.05, 0.1) is 28.8 Å². The summed E-state index contributed by atoms with van der Waals surface area (Å²) in [6, 6.07) is 5.72. The van der Waals surface area contributed by atoms with Crippen molar-refractivity contribution in [2.75, 3.05) is 5.32 Å². The number of ether oxygens (including phenoxy) is 1.